The molecule has 2 unspecified atom stereocenters. The Morgan fingerprint density at radius 1 is 1.39 bits per heavy atom. The molecular weight excluding hydrogens is 228 g/mol. The van der Waals surface area contributed by atoms with Crippen molar-refractivity contribution in [1.29, 1.82) is 0 Å². The van der Waals surface area contributed by atoms with Gasteiger partial charge in [0.2, 0.25) is 0 Å². The molecule has 0 spiro atoms. The van der Waals surface area contributed by atoms with Gasteiger partial charge in [-0.2, -0.15) is 0 Å². The second-order valence-electron chi connectivity index (χ2n) is 5.28. The van der Waals surface area contributed by atoms with Crippen molar-refractivity contribution in [2.75, 3.05) is 13.1 Å². The number of hydrogen-bond acceptors (Lipinski definition) is 5. The lowest BCUT2D eigenvalue weighted by Gasteiger charge is -2.37. The Bertz CT molecular complexity index is 363. The zero-order chi connectivity index (χ0) is 13.0. The van der Waals surface area contributed by atoms with Gasteiger partial charge < -0.3 is 5.73 Å². The third kappa shape index (κ3) is 3.05. The highest BCUT2D eigenvalue weighted by atomic mass is 15.5. The van der Waals surface area contributed by atoms with Gasteiger partial charge in [-0.15, -0.1) is 5.10 Å². The van der Waals surface area contributed by atoms with E-state index in [0.717, 1.165) is 38.4 Å². The number of rotatable bonds is 5. The van der Waals surface area contributed by atoms with Crippen LogP contribution in [0.25, 0.3) is 0 Å². The summed E-state index contributed by atoms with van der Waals surface area (Å²) in [5.74, 6) is 1.60. The summed E-state index contributed by atoms with van der Waals surface area (Å²) in [6.07, 6.45) is 3.52. The van der Waals surface area contributed by atoms with Gasteiger partial charge in [-0.3, -0.25) is 4.90 Å². The fourth-order valence-corrected chi connectivity index (χ4v) is 2.58. The molecule has 0 aliphatic carbocycles. The van der Waals surface area contributed by atoms with Crippen LogP contribution in [0.1, 0.15) is 38.9 Å². The zero-order valence-corrected chi connectivity index (χ0v) is 11.4. The maximum absolute atomic E-state index is 5.79. The number of likely N-dealkylation sites (tertiary alicyclic amines) is 1. The second-order valence-corrected chi connectivity index (χ2v) is 5.28. The van der Waals surface area contributed by atoms with E-state index < -0.39 is 0 Å². The summed E-state index contributed by atoms with van der Waals surface area (Å²) in [7, 11) is 0. The predicted octanol–water partition coefficient (Wildman–Crippen LogP) is 0.642. The highest BCUT2D eigenvalue weighted by Gasteiger charge is 2.25. The molecule has 1 aromatic rings. The molecule has 0 saturated carbocycles. The molecule has 2 N–H and O–H groups in total. The van der Waals surface area contributed by atoms with Crippen molar-refractivity contribution in [3.63, 3.8) is 0 Å². The third-order valence-electron chi connectivity index (χ3n) is 3.83. The van der Waals surface area contributed by atoms with E-state index in [1.807, 2.05) is 4.68 Å². The first-order valence-corrected chi connectivity index (χ1v) is 6.93. The second kappa shape index (κ2) is 6.24. The Hall–Kier alpha value is -1.01. The Morgan fingerprint density at radius 2 is 2.22 bits per heavy atom. The van der Waals surface area contributed by atoms with Crippen LogP contribution in [-0.4, -0.2) is 44.2 Å². The molecule has 6 heteroatoms. The van der Waals surface area contributed by atoms with Gasteiger partial charge in [-0.1, -0.05) is 6.92 Å². The maximum atomic E-state index is 5.79. The van der Waals surface area contributed by atoms with Crippen LogP contribution in [0.2, 0.25) is 0 Å². The smallest absolute Gasteiger partial charge is 0.165 e. The minimum Gasteiger partial charge on any atom is -0.330 e. The number of hydrogen-bond donors (Lipinski definition) is 1. The number of nitrogens with zero attached hydrogens (tertiary/aromatic N) is 5. The molecule has 1 fully saturated rings. The maximum Gasteiger partial charge on any atom is 0.165 e. The van der Waals surface area contributed by atoms with Gasteiger partial charge in [-0.25, -0.2) is 4.68 Å². The monoisotopic (exact) mass is 252 g/mol. The quantitative estimate of drug-likeness (QED) is 0.832. The van der Waals surface area contributed by atoms with E-state index in [1.54, 1.807) is 0 Å². The first-order chi connectivity index (χ1) is 8.74. The first-order valence-electron chi connectivity index (χ1n) is 6.93. The molecule has 0 aromatic carbocycles. The molecule has 18 heavy (non-hydrogen) atoms. The fourth-order valence-electron chi connectivity index (χ4n) is 2.58. The topological polar surface area (TPSA) is 72.9 Å². The minimum absolute atomic E-state index is 0.597. The number of nitrogens with two attached hydrogens (primary N) is 1. The number of piperidine rings is 1. The summed E-state index contributed by atoms with van der Waals surface area (Å²) < 4.78 is 1.92. The van der Waals surface area contributed by atoms with Crippen molar-refractivity contribution in [1.82, 2.24) is 25.1 Å². The lowest BCUT2D eigenvalue weighted by Crippen LogP contribution is -2.43. The normalized spacial score (nSPS) is 25.5. The van der Waals surface area contributed by atoms with Crippen molar-refractivity contribution in [3.8, 4) is 0 Å². The Kier molecular flexibility index (Phi) is 4.66. The van der Waals surface area contributed by atoms with Crippen LogP contribution in [0.4, 0.5) is 0 Å². The molecule has 0 amide bonds. The average molecular weight is 252 g/mol. The summed E-state index contributed by atoms with van der Waals surface area (Å²) in [6.45, 7) is 8.00. The largest absolute Gasteiger partial charge is 0.330 e. The number of aryl methyl sites for hydroxylation is 1. The summed E-state index contributed by atoms with van der Waals surface area (Å²) >= 11 is 0. The Labute approximate surface area is 109 Å². The van der Waals surface area contributed by atoms with Crippen LogP contribution in [0.3, 0.4) is 0 Å². The van der Waals surface area contributed by atoms with Gasteiger partial charge in [0.1, 0.15) is 0 Å². The molecule has 1 aromatic heterocycles. The fraction of sp³-hybridized carbons (Fsp3) is 0.917. The molecule has 1 saturated heterocycles. The van der Waals surface area contributed by atoms with Crippen molar-refractivity contribution >= 4 is 0 Å². The molecule has 0 bridgehead atoms. The van der Waals surface area contributed by atoms with Crippen LogP contribution < -0.4 is 5.73 Å². The zero-order valence-electron chi connectivity index (χ0n) is 11.4. The highest BCUT2D eigenvalue weighted by molar-refractivity contribution is 4.86. The molecule has 1 aliphatic heterocycles. The third-order valence-corrected chi connectivity index (χ3v) is 3.83. The summed E-state index contributed by atoms with van der Waals surface area (Å²) in [6, 6.07) is 0.597. The lowest BCUT2D eigenvalue weighted by molar-refractivity contribution is 0.108. The van der Waals surface area contributed by atoms with Crippen LogP contribution >= 0.6 is 0 Å². The Morgan fingerprint density at radius 3 is 2.94 bits per heavy atom. The minimum atomic E-state index is 0.597. The van der Waals surface area contributed by atoms with Crippen molar-refractivity contribution in [2.24, 2.45) is 11.7 Å². The first kappa shape index (κ1) is 13.4. The van der Waals surface area contributed by atoms with Gasteiger partial charge in [-0.05, 0) is 49.1 Å². The predicted molar refractivity (Wildman–Crippen MR) is 69.8 cm³/mol. The Balaban J connectivity index is 2.00. The summed E-state index contributed by atoms with van der Waals surface area (Å²) in [5, 5.41) is 12.0. The molecule has 102 valence electrons. The molecular formula is C12H24N6. The molecule has 2 atom stereocenters. The van der Waals surface area contributed by atoms with Gasteiger partial charge in [0, 0.05) is 19.1 Å². The van der Waals surface area contributed by atoms with Gasteiger partial charge in [0.25, 0.3) is 0 Å². The van der Waals surface area contributed by atoms with Gasteiger partial charge in [0.15, 0.2) is 5.82 Å². The summed E-state index contributed by atoms with van der Waals surface area (Å²) in [4.78, 5) is 2.46. The molecule has 6 nitrogen and oxygen atoms in total. The van der Waals surface area contributed by atoms with E-state index >= 15 is 0 Å². The molecule has 2 rings (SSSR count). The molecule has 1 aliphatic rings. The summed E-state index contributed by atoms with van der Waals surface area (Å²) in [5.41, 5.74) is 5.79. The van der Waals surface area contributed by atoms with Gasteiger partial charge in [0.05, 0.1) is 6.54 Å². The highest BCUT2D eigenvalue weighted by Crippen LogP contribution is 2.22. The van der Waals surface area contributed by atoms with E-state index in [2.05, 4.69) is 34.3 Å². The van der Waals surface area contributed by atoms with E-state index in [4.69, 9.17) is 5.73 Å². The molecule has 2 heterocycles. The standard InChI is InChI=1S/C12H24N6/c1-3-6-18-12(14-15-16-18)9-17-8-11(7-13)5-4-10(17)2/h10-11H,3-9,13H2,1-2H3. The van der Waals surface area contributed by atoms with E-state index in [9.17, 15) is 0 Å². The van der Waals surface area contributed by atoms with Crippen LogP contribution in [0.5, 0.6) is 0 Å². The van der Waals surface area contributed by atoms with Gasteiger partial charge >= 0.3 is 0 Å². The van der Waals surface area contributed by atoms with E-state index in [0.29, 0.717) is 12.0 Å². The lowest BCUT2D eigenvalue weighted by atomic mass is 9.93. The number of aromatic nitrogens is 4. The SMILES string of the molecule is CCCn1nnnc1CN1CC(CN)CCC1C. The van der Waals surface area contributed by atoms with Crippen LogP contribution in [0, 0.1) is 5.92 Å². The van der Waals surface area contributed by atoms with E-state index in [-0.39, 0.29) is 0 Å². The van der Waals surface area contributed by atoms with Crippen LogP contribution in [0.15, 0.2) is 0 Å². The average Bonchev–Trinajstić information content (AvgIpc) is 2.80. The van der Waals surface area contributed by atoms with Crippen molar-refractivity contribution in [3.05, 3.63) is 5.82 Å². The van der Waals surface area contributed by atoms with Crippen molar-refractivity contribution in [2.45, 2.75) is 52.2 Å². The van der Waals surface area contributed by atoms with E-state index in [1.165, 1.54) is 12.8 Å². The molecule has 0 radical (unpaired) electrons. The van der Waals surface area contributed by atoms with Crippen molar-refractivity contribution < 1.29 is 0 Å². The van der Waals surface area contributed by atoms with Crippen LogP contribution in [-0.2, 0) is 13.1 Å². The number of tetrazole rings is 1.